The monoisotopic (exact) mass is 235 g/mol. The van der Waals surface area contributed by atoms with E-state index in [-0.39, 0.29) is 12.0 Å². The van der Waals surface area contributed by atoms with Crippen LogP contribution in [0.4, 0.5) is 5.69 Å². The van der Waals surface area contributed by atoms with E-state index in [1.54, 1.807) is 7.11 Å². The van der Waals surface area contributed by atoms with Gasteiger partial charge in [-0.05, 0) is 25.5 Å². The van der Waals surface area contributed by atoms with Crippen molar-refractivity contribution in [3.8, 4) is 5.75 Å². The molecule has 4 heteroatoms. The van der Waals surface area contributed by atoms with Gasteiger partial charge in [-0.1, -0.05) is 6.07 Å². The number of methoxy groups -OCH3 is 1. The molecule has 0 spiro atoms. The maximum Gasteiger partial charge on any atom is 0.308 e. The van der Waals surface area contributed by atoms with Crippen molar-refractivity contribution in [1.82, 2.24) is 0 Å². The smallest absolute Gasteiger partial charge is 0.308 e. The summed E-state index contributed by atoms with van der Waals surface area (Å²) in [6.07, 6.45) is 0.702. The first-order valence-corrected chi connectivity index (χ1v) is 5.77. The second-order valence-electron chi connectivity index (χ2n) is 4.37. The minimum absolute atomic E-state index is 0.0274. The van der Waals surface area contributed by atoms with E-state index in [9.17, 15) is 4.79 Å². The first-order chi connectivity index (χ1) is 8.13. The van der Waals surface area contributed by atoms with E-state index < -0.39 is 5.97 Å². The van der Waals surface area contributed by atoms with Crippen LogP contribution in [-0.2, 0) is 4.79 Å². The largest absolute Gasteiger partial charge is 0.497 e. The van der Waals surface area contributed by atoms with Gasteiger partial charge in [-0.15, -0.1) is 0 Å². The molecule has 1 saturated heterocycles. The third-order valence-electron chi connectivity index (χ3n) is 3.46. The van der Waals surface area contributed by atoms with Gasteiger partial charge in [0, 0.05) is 24.3 Å². The van der Waals surface area contributed by atoms with Crippen molar-refractivity contribution in [3.63, 3.8) is 0 Å². The fourth-order valence-corrected chi connectivity index (χ4v) is 2.42. The lowest BCUT2D eigenvalue weighted by atomic mass is 10.0. The van der Waals surface area contributed by atoms with Crippen LogP contribution in [0.2, 0.25) is 0 Å². The van der Waals surface area contributed by atoms with Gasteiger partial charge in [0.15, 0.2) is 0 Å². The van der Waals surface area contributed by atoms with Crippen molar-refractivity contribution in [1.29, 1.82) is 0 Å². The number of anilines is 1. The molecule has 1 N–H and O–H groups in total. The summed E-state index contributed by atoms with van der Waals surface area (Å²) in [5.41, 5.74) is 1.03. The zero-order chi connectivity index (χ0) is 12.4. The first-order valence-electron chi connectivity index (χ1n) is 5.77. The number of carboxylic acid groups (broad SMARTS) is 1. The van der Waals surface area contributed by atoms with Crippen molar-refractivity contribution < 1.29 is 14.6 Å². The van der Waals surface area contributed by atoms with Crippen molar-refractivity contribution in [2.45, 2.75) is 19.4 Å². The Labute approximate surface area is 101 Å². The van der Waals surface area contributed by atoms with Crippen LogP contribution < -0.4 is 9.64 Å². The van der Waals surface area contributed by atoms with Crippen LogP contribution in [0.25, 0.3) is 0 Å². The number of benzene rings is 1. The number of rotatable bonds is 3. The van der Waals surface area contributed by atoms with Gasteiger partial charge in [0.05, 0.1) is 13.0 Å². The third-order valence-corrected chi connectivity index (χ3v) is 3.46. The van der Waals surface area contributed by atoms with E-state index in [4.69, 9.17) is 9.84 Å². The molecule has 0 aromatic heterocycles. The third kappa shape index (κ3) is 2.20. The summed E-state index contributed by atoms with van der Waals surface area (Å²) in [6, 6.07) is 7.78. The van der Waals surface area contributed by atoms with E-state index in [2.05, 4.69) is 4.90 Å². The number of ether oxygens (including phenoxy) is 1. The summed E-state index contributed by atoms with van der Waals surface area (Å²) < 4.78 is 5.18. The van der Waals surface area contributed by atoms with Crippen LogP contribution in [0.5, 0.6) is 5.75 Å². The van der Waals surface area contributed by atoms with Crippen LogP contribution >= 0.6 is 0 Å². The molecule has 1 aromatic rings. The van der Waals surface area contributed by atoms with Gasteiger partial charge < -0.3 is 14.7 Å². The molecule has 0 aliphatic carbocycles. The van der Waals surface area contributed by atoms with Gasteiger partial charge in [0.1, 0.15) is 5.75 Å². The molecule has 1 aromatic carbocycles. The van der Waals surface area contributed by atoms with Gasteiger partial charge >= 0.3 is 5.97 Å². The lowest BCUT2D eigenvalue weighted by Crippen LogP contribution is -2.32. The van der Waals surface area contributed by atoms with Crippen molar-refractivity contribution in [3.05, 3.63) is 24.3 Å². The van der Waals surface area contributed by atoms with Crippen LogP contribution in [0, 0.1) is 5.92 Å². The summed E-state index contributed by atoms with van der Waals surface area (Å²) in [5, 5.41) is 9.10. The molecule has 4 nitrogen and oxygen atoms in total. The zero-order valence-corrected chi connectivity index (χ0v) is 10.1. The first kappa shape index (κ1) is 11.8. The molecule has 0 radical (unpaired) electrons. The Morgan fingerprint density at radius 2 is 2.29 bits per heavy atom. The molecular weight excluding hydrogens is 218 g/mol. The lowest BCUT2D eigenvalue weighted by Gasteiger charge is -2.25. The van der Waals surface area contributed by atoms with Crippen LogP contribution in [0.1, 0.15) is 13.3 Å². The van der Waals surface area contributed by atoms with Crippen molar-refractivity contribution in [2.24, 2.45) is 5.92 Å². The SMILES string of the molecule is COc1cccc(N2CC[C@H](C(=O)O)[C@H]2C)c1. The molecule has 0 amide bonds. The number of hydrogen-bond acceptors (Lipinski definition) is 3. The van der Waals surface area contributed by atoms with Crippen LogP contribution in [-0.4, -0.2) is 30.8 Å². The van der Waals surface area contributed by atoms with Gasteiger partial charge in [0.2, 0.25) is 0 Å². The Morgan fingerprint density at radius 1 is 1.53 bits per heavy atom. The fourth-order valence-electron chi connectivity index (χ4n) is 2.42. The summed E-state index contributed by atoms with van der Waals surface area (Å²) in [4.78, 5) is 13.2. The van der Waals surface area contributed by atoms with E-state index in [1.165, 1.54) is 0 Å². The van der Waals surface area contributed by atoms with Gasteiger partial charge in [-0.25, -0.2) is 0 Å². The number of aliphatic carboxylic acids is 1. The minimum Gasteiger partial charge on any atom is -0.497 e. The lowest BCUT2D eigenvalue weighted by molar-refractivity contribution is -0.141. The average Bonchev–Trinajstić information content (AvgIpc) is 2.71. The highest BCUT2D eigenvalue weighted by molar-refractivity contribution is 5.73. The van der Waals surface area contributed by atoms with Crippen LogP contribution in [0.3, 0.4) is 0 Å². The molecule has 92 valence electrons. The Bertz CT molecular complexity index is 419. The quantitative estimate of drug-likeness (QED) is 0.870. The average molecular weight is 235 g/mol. The highest BCUT2D eigenvalue weighted by Gasteiger charge is 2.35. The fraction of sp³-hybridized carbons (Fsp3) is 0.462. The summed E-state index contributed by atoms with van der Waals surface area (Å²) >= 11 is 0. The molecule has 17 heavy (non-hydrogen) atoms. The zero-order valence-electron chi connectivity index (χ0n) is 10.1. The van der Waals surface area contributed by atoms with Crippen molar-refractivity contribution in [2.75, 3.05) is 18.6 Å². The molecule has 0 bridgehead atoms. The Hall–Kier alpha value is -1.71. The van der Waals surface area contributed by atoms with Gasteiger partial charge in [-0.2, -0.15) is 0 Å². The normalized spacial score (nSPS) is 23.8. The maximum absolute atomic E-state index is 11.1. The number of carbonyl (C=O) groups is 1. The predicted octanol–water partition coefficient (Wildman–Crippen LogP) is 1.99. The molecule has 2 atom stereocenters. The van der Waals surface area contributed by atoms with E-state index in [0.29, 0.717) is 6.42 Å². The second-order valence-corrected chi connectivity index (χ2v) is 4.37. The summed E-state index contributed by atoms with van der Waals surface area (Å²) in [7, 11) is 1.63. The molecule has 1 fully saturated rings. The highest BCUT2D eigenvalue weighted by Crippen LogP contribution is 2.31. The molecule has 1 aliphatic heterocycles. The number of carboxylic acids is 1. The van der Waals surface area contributed by atoms with Crippen LogP contribution in [0.15, 0.2) is 24.3 Å². The Morgan fingerprint density at radius 3 is 2.88 bits per heavy atom. The molecule has 0 saturated carbocycles. The Kier molecular flexibility index (Phi) is 3.22. The highest BCUT2D eigenvalue weighted by atomic mass is 16.5. The molecule has 1 aliphatic rings. The van der Waals surface area contributed by atoms with Crippen molar-refractivity contribution >= 4 is 11.7 Å². The summed E-state index contributed by atoms with van der Waals surface area (Å²) in [5.74, 6) is -0.183. The molecule has 1 heterocycles. The van der Waals surface area contributed by atoms with E-state index in [1.807, 2.05) is 31.2 Å². The standard InChI is InChI=1S/C13H17NO3/c1-9-12(13(15)16)6-7-14(9)10-4-3-5-11(8-10)17-2/h3-5,8-9,12H,6-7H2,1-2H3,(H,15,16)/t9-,12+/m1/s1. The molecular formula is C13H17NO3. The molecule has 0 unspecified atom stereocenters. The van der Waals surface area contributed by atoms with E-state index in [0.717, 1.165) is 18.0 Å². The topological polar surface area (TPSA) is 49.8 Å². The maximum atomic E-state index is 11.1. The Balaban J connectivity index is 2.20. The van der Waals surface area contributed by atoms with Gasteiger partial charge in [-0.3, -0.25) is 4.79 Å². The second kappa shape index (κ2) is 4.65. The van der Waals surface area contributed by atoms with Gasteiger partial charge in [0.25, 0.3) is 0 Å². The number of nitrogens with zero attached hydrogens (tertiary/aromatic N) is 1. The predicted molar refractivity (Wildman–Crippen MR) is 65.5 cm³/mol. The molecule has 2 rings (SSSR count). The minimum atomic E-state index is -0.706. The van der Waals surface area contributed by atoms with E-state index >= 15 is 0 Å². The number of hydrogen-bond donors (Lipinski definition) is 1. The summed E-state index contributed by atoms with van der Waals surface area (Å²) in [6.45, 7) is 2.75.